The van der Waals surface area contributed by atoms with Crippen LogP contribution in [0.5, 0.6) is 0 Å². The Morgan fingerprint density at radius 2 is 2.23 bits per heavy atom. The Balaban J connectivity index is 2.87. The number of alkyl halides is 2. The van der Waals surface area contributed by atoms with Gasteiger partial charge in [-0.05, 0) is 12.1 Å². The highest BCUT2D eigenvalue weighted by Gasteiger charge is 2.10. The molecule has 0 N–H and O–H groups in total. The Kier molecular flexibility index (Phi) is 2.89. The van der Waals surface area contributed by atoms with E-state index in [1.54, 1.807) is 0 Å². The van der Waals surface area contributed by atoms with Gasteiger partial charge in [0, 0.05) is 11.8 Å². The molecular weight excluding hydrogens is 180 g/mol. The van der Waals surface area contributed by atoms with Gasteiger partial charge in [-0.15, -0.1) is 0 Å². The van der Waals surface area contributed by atoms with Crippen LogP contribution in [0.3, 0.4) is 0 Å². The van der Waals surface area contributed by atoms with Gasteiger partial charge in [0.15, 0.2) is 0 Å². The van der Waals surface area contributed by atoms with Crippen molar-refractivity contribution in [3.8, 4) is 0 Å². The van der Waals surface area contributed by atoms with E-state index in [4.69, 9.17) is 0 Å². The van der Waals surface area contributed by atoms with Gasteiger partial charge in [-0.3, -0.25) is 0 Å². The van der Waals surface area contributed by atoms with E-state index in [-0.39, 0.29) is 11.3 Å². The number of ether oxygens (including phenoxy) is 1. The van der Waals surface area contributed by atoms with E-state index in [1.165, 1.54) is 13.2 Å². The van der Waals surface area contributed by atoms with Crippen LogP contribution in [0, 0.1) is 0 Å². The Labute approximate surface area is 73.4 Å². The van der Waals surface area contributed by atoms with Crippen molar-refractivity contribution in [2.45, 2.75) is 6.43 Å². The Morgan fingerprint density at radius 1 is 1.54 bits per heavy atom. The monoisotopic (exact) mass is 187 g/mol. The third-order valence-corrected chi connectivity index (χ3v) is 1.43. The van der Waals surface area contributed by atoms with E-state index in [1.807, 2.05) is 0 Å². The minimum atomic E-state index is -2.57. The molecule has 1 heterocycles. The molecule has 0 fully saturated rings. The number of aromatic nitrogens is 1. The van der Waals surface area contributed by atoms with Crippen LogP contribution < -0.4 is 0 Å². The van der Waals surface area contributed by atoms with Crippen molar-refractivity contribution in [1.29, 1.82) is 0 Å². The van der Waals surface area contributed by atoms with E-state index in [9.17, 15) is 13.6 Å². The topological polar surface area (TPSA) is 39.2 Å². The molecule has 1 aromatic heterocycles. The van der Waals surface area contributed by atoms with E-state index in [2.05, 4.69) is 9.72 Å². The summed E-state index contributed by atoms with van der Waals surface area (Å²) >= 11 is 0. The number of hydrogen-bond acceptors (Lipinski definition) is 3. The molecule has 0 radical (unpaired) electrons. The maximum absolute atomic E-state index is 12.0. The number of esters is 1. The summed E-state index contributed by atoms with van der Waals surface area (Å²) in [5, 5.41) is 0. The molecule has 0 bridgehead atoms. The van der Waals surface area contributed by atoms with Gasteiger partial charge >= 0.3 is 5.97 Å². The lowest BCUT2D eigenvalue weighted by Crippen LogP contribution is -2.04. The van der Waals surface area contributed by atoms with E-state index < -0.39 is 12.4 Å². The lowest BCUT2D eigenvalue weighted by molar-refractivity contribution is 0.0593. The minimum Gasteiger partial charge on any atom is -0.464 e. The molecule has 0 atom stereocenters. The molecule has 0 amide bonds. The summed E-state index contributed by atoms with van der Waals surface area (Å²) in [6.07, 6.45) is -1.61. The summed E-state index contributed by atoms with van der Waals surface area (Å²) < 4.78 is 28.4. The van der Waals surface area contributed by atoms with Gasteiger partial charge in [0.1, 0.15) is 5.69 Å². The molecule has 70 valence electrons. The number of methoxy groups -OCH3 is 1. The zero-order valence-corrected chi connectivity index (χ0v) is 6.83. The first kappa shape index (κ1) is 9.57. The minimum absolute atomic E-state index is 0.0203. The van der Waals surface area contributed by atoms with Crippen LogP contribution in [0.25, 0.3) is 0 Å². The summed E-state index contributed by atoms with van der Waals surface area (Å²) in [6.45, 7) is 0. The van der Waals surface area contributed by atoms with E-state index in [0.29, 0.717) is 0 Å². The Bertz CT molecular complexity index is 298. The number of pyridine rings is 1. The van der Waals surface area contributed by atoms with Crippen molar-refractivity contribution in [2.75, 3.05) is 7.11 Å². The highest BCUT2D eigenvalue weighted by Crippen LogP contribution is 2.17. The molecule has 3 nitrogen and oxygen atoms in total. The number of carbonyl (C=O) groups is 1. The largest absolute Gasteiger partial charge is 0.464 e. The van der Waals surface area contributed by atoms with Crippen LogP contribution in [0.2, 0.25) is 0 Å². The van der Waals surface area contributed by atoms with Crippen molar-refractivity contribution in [3.05, 3.63) is 29.6 Å². The third kappa shape index (κ3) is 2.21. The molecule has 1 aromatic rings. The fraction of sp³-hybridized carbons (Fsp3) is 0.250. The average molecular weight is 187 g/mol. The van der Waals surface area contributed by atoms with Crippen molar-refractivity contribution in [3.63, 3.8) is 0 Å². The van der Waals surface area contributed by atoms with Crippen LogP contribution in [0.15, 0.2) is 18.3 Å². The SMILES string of the molecule is COC(=O)c1ccc(C(F)F)cn1. The van der Waals surface area contributed by atoms with Gasteiger partial charge < -0.3 is 4.74 Å². The molecule has 5 heteroatoms. The van der Waals surface area contributed by atoms with Gasteiger partial charge in [0.25, 0.3) is 6.43 Å². The molecule has 0 unspecified atom stereocenters. The number of hydrogen-bond donors (Lipinski definition) is 0. The fourth-order valence-electron chi connectivity index (χ4n) is 0.760. The molecule has 0 saturated heterocycles. The maximum Gasteiger partial charge on any atom is 0.356 e. The smallest absolute Gasteiger partial charge is 0.356 e. The molecule has 0 saturated carbocycles. The highest BCUT2D eigenvalue weighted by atomic mass is 19.3. The number of carbonyl (C=O) groups excluding carboxylic acids is 1. The summed E-state index contributed by atoms with van der Waals surface area (Å²) in [5.74, 6) is -0.638. The normalized spacial score (nSPS) is 10.2. The van der Waals surface area contributed by atoms with Gasteiger partial charge in [-0.25, -0.2) is 18.6 Å². The van der Waals surface area contributed by atoms with Crippen molar-refractivity contribution >= 4 is 5.97 Å². The summed E-state index contributed by atoms with van der Waals surface area (Å²) in [4.78, 5) is 14.3. The fourth-order valence-corrected chi connectivity index (χ4v) is 0.760. The molecule has 0 aromatic carbocycles. The lowest BCUT2D eigenvalue weighted by atomic mass is 10.2. The molecule has 0 spiro atoms. The standard InChI is InChI=1S/C8H7F2NO2/c1-13-8(12)6-3-2-5(4-11-6)7(9)10/h2-4,7H,1H3. The quantitative estimate of drug-likeness (QED) is 0.663. The van der Waals surface area contributed by atoms with Crippen LogP contribution >= 0.6 is 0 Å². The summed E-state index contributed by atoms with van der Waals surface area (Å²) in [5.41, 5.74) is -0.195. The lowest BCUT2D eigenvalue weighted by Gasteiger charge is -2.00. The van der Waals surface area contributed by atoms with Crippen LogP contribution in [0.4, 0.5) is 8.78 Å². The average Bonchev–Trinajstić information content (AvgIpc) is 2.17. The van der Waals surface area contributed by atoms with Crippen molar-refractivity contribution in [2.24, 2.45) is 0 Å². The second-order valence-electron chi connectivity index (χ2n) is 2.27. The maximum atomic E-state index is 12.0. The highest BCUT2D eigenvalue weighted by molar-refractivity contribution is 5.86. The zero-order valence-electron chi connectivity index (χ0n) is 6.83. The molecule has 0 aliphatic carbocycles. The van der Waals surface area contributed by atoms with E-state index in [0.717, 1.165) is 12.3 Å². The summed E-state index contributed by atoms with van der Waals surface area (Å²) in [6, 6.07) is 2.34. The predicted octanol–water partition coefficient (Wildman–Crippen LogP) is 1.81. The van der Waals surface area contributed by atoms with Gasteiger partial charge in [-0.2, -0.15) is 0 Å². The van der Waals surface area contributed by atoms with Gasteiger partial charge in [0.2, 0.25) is 0 Å². The molecular formula is C8H7F2NO2. The zero-order chi connectivity index (χ0) is 9.84. The second-order valence-corrected chi connectivity index (χ2v) is 2.27. The van der Waals surface area contributed by atoms with E-state index >= 15 is 0 Å². The van der Waals surface area contributed by atoms with Gasteiger partial charge in [0.05, 0.1) is 7.11 Å². The van der Waals surface area contributed by atoms with Crippen molar-refractivity contribution in [1.82, 2.24) is 4.98 Å². The first-order valence-corrected chi connectivity index (χ1v) is 3.47. The Hall–Kier alpha value is -1.52. The molecule has 0 aliphatic rings. The number of nitrogens with zero attached hydrogens (tertiary/aromatic N) is 1. The summed E-state index contributed by atoms with van der Waals surface area (Å²) in [7, 11) is 1.20. The first-order chi connectivity index (χ1) is 6.15. The third-order valence-electron chi connectivity index (χ3n) is 1.43. The van der Waals surface area contributed by atoms with Crippen LogP contribution in [-0.2, 0) is 4.74 Å². The second kappa shape index (κ2) is 3.93. The molecule has 13 heavy (non-hydrogen) atoms. The Morgan fingerprint density at radius 3 is 2.62 bits per heavy atom. The van der Waals surface area contributed by atoms with Crippen LogP contribution in [-0.4, -0.2) is 18.1 Å². The van der Waals surface area contributed by atoms with Crippen molar-refractivity contribution < 1.29 is 18.3 Å². The van der Waals surface area contributed by atoms with Crippen LogP contribution in [0.1, 0.15) is 22.5 Å². The molecule has 1 rings (SSSR count). The van der Waals surface area contributed by atoms with Gasteiger partial charge in [-0.1, -0.05) is 0 Å². The number of halogens is 2. The predicted molar refractivity (Wildman–Crippen MR) is 40.5 cm³/mol. The number of rotatable bonds is 2. The first-order valence-electron chi connectivity index (χ1n) is 3.47. The molecule has 0 aliphatic heterocycles.